The van der Waals surface area contributed by atoms with Crippen LogP contribution in [0, 0.1) is 0 Å². The van der Waals surface area contributed by atoms with Gasteiger partial charge in [0.1, 0.15) is 5.75 Å². The van der Waals surface area contributed by atoms with E-state index in [4.69, 9.17) is 17.0 Å². The Morgan fingerprint density at radius 1 is 1.10 bits per heavy atom. The average molecular weight is 487 g/mol. The Morgan fingerprint density at radius 2 is 1.93 bits per heavy atom. The lowest BCUT2D eigenvalue weighted by molar-refractivity contribution is 0.0976. The highest BCUT2D eigenvalue weighted by atomic mass is 79.9. The van der Waals surface area contributed by atoms with Gasteiger partial charge >= 0.3 is 0 Å². The zero-order valence-corrected chi connectivity index (χ0v) is 19.4. The normalized spacial score (nSPS) is 13.3. The van der Waals surface area contributed by atoms with Crippen molar-refractivity contribution in [1.82, 2.24) is 10.6 Å². The van der Waals surface area contributed by atoms with Gasteiger partial charge in [-0.3, -0.25) is 10.1 Å². The molecular weight excluding hydrogens is 460 g/mol. The molecule has 0 aromatic heterocycles. The molecule has 2 N–H and O–H groups in total. The van der Waals surface area contributed by atoms with E-state index in [2.05, 4.69) is 44.8 Å². The summed E-state index contributed by atoms with van der Waals surface area (Å²) < 4.78 is 6.59. The third-order valence-corrected chi connectivity index (χ3v) is 5.90. The molecule has 4 nitrogen and oxygen atoms in total. The minimum atomic E-state index is -0.235. The van der Waals surface area contributed by atoms with Crippen LogP contribution >= 0.6 is 28.1 Å². The van der Waals surface area contributed by atoms with Crippen molar-refractivity contribution in [3.8, 4) is 5.75 Å². The number of ether oxygens (including phenoxy) is 1. The summed E-state index contributed by atoms with van der Waals surface area (Å²) in [6.45, 7) is 1.31. The predicted molar refractivity (Wildman–Crippen MR) is 129 cm³/mol. The van der Waals surface area contributed by atoms with Crippen LogP contribution in [0.3, 0.4) is 0 Å². The van der Waals surface area contributed by atoms with Gasteiger partial charge in [-0.15, -0.1) is 0 Å². The number of carbonyl (C=O) groups is 1. The second-order valence-corrected chi connectivity index (χ2v) is 8.56. The van der Waals surface area contributed by atoms with Crippen LogP contribution in [0.4, 0.5) is 0 Å². The highest BCUT2D eigenvalue weighted by molar-refractivity contribution is 9.10. The molecular formula is C24H27BrN2O2S. The fourth-order valence-electron chi connectivity index (χ4n) is 3.37. The number of hydrogen-bond donors (Lipinski definition) is 2. The Morgan fingerprint density at radius 3 is 2.67 bits per heavy atom. The van der Waals surface area contributed by atoms with Crippen molar-refractivity contribution in [1.29, 1.82) is 0 Å². The van der Waals surface area contributed by atoms with Crippen LogP contribution in [0.1, 0.15) is 48.0 Å². The van der Waals surface area contributed by atoms with Gasteiger partial charge in [0.05, 0.1) is 11.1 Å². The van der Waals surface area contributed by atoms with E-state index in [0.29, 0.717) is 23.0 Å². The number of nitrogens with one attached hydrogen (secondary N) is 2. The second-order valence-electron chi connectivity index (χ2n) is 7.30. The van der Waals surface area contributed by atoms with Crippen molar-refractivity contribution in [3.05, 3.63) is 75.8 Å². The summed E-state index contributed by atoms with van der Waals surface area (Å²) in [5.41, 5.74) is 3.23. The molecule has 0 atom stereocenters. The van der Waals surface area contributed by atoms with Gasteiger partial charge in [0.15, 0.2) is 5.11 Å². The molecule has 0 aliphatic heterocycles. The van der Waals surface area contributed by atoms with E-state index >= 15 is 0 Å². The highest BCUT2D eigenvalue weighted by Gasteiger charge is 2.11. The van der Waals surface area contributed by atoms with Crippen molar-refractivity contribution < 1.29 is 9.53 Å². The first-order valence-electron chi connectivity index (χ1n) is 10.3. The van der Waals surface area contributed by atoms with Crippen LogP contribution < -0.4 is 15.4 Å². The minimum Gasteiger partial charge on any atom is -0.492 e. The standard InChI is InChI=1S/C24H27BrN2O2S/c25-21-17-20(11-12-22(21)29-16-14-19-9-5-2-6-10-19)23(28)27-24(30)26-15-13-18-7-3-1-4-8-18/h2,5-7,9-12,17H,1,3-4,8,13-16H2,(H2,26,27,28,30). The van der Waals surface area contributed by atoms with Crippen LogP contribution in [-0.4, -0.2) is 24.2 Å². The summed E-state index contributed by atoms with van der Waals surface area (Å²) in [5, 5.41) is 6.23. The molecule has 0 heterocycles. The van der Waals surface area contributed by atoms with Gasteiger partial charge in [-0.05, 0) is 84.0 Å². The molecule has 0 fully saturated rings. The summed E-state index contributed by atoms with van der Waals surface area (Å²) in [6, 6.07) is 15.5. The molecule has 0 radical (unpaired) electrons. The van der Waals surface area contributed by atoms with Crippen LogP contribution in [0.25, 0.3) is 0 Å². The summed E-state index contributed by atoms with van der Waals surface area (Å²) in [4.78, 5) is 12.5. The van der Waals surface area contributed by atoms with Crippen molar-refractivity contribution in [3.63, 3.8) is 0 Å². The molecule has 1 amide bonds. The third-order valence-electron chi connectivity index (χ3n) is 5.03. The van der Waals surface area contributed by atoms with Gasteiger partial charge in [-0.25, -0.2) is 0 Å². The Kier molecular flexibility index (Phi) is 8.90. The van der Waals surface area contributed by atoms with Crippen molar-refractivity contribution in [2.45, 2.75) is 38.5 Å². The molecule has 6 heteroatoms. The van der Waals surface area contributed by atoms with E-state index in [1.165, 1.54) is 36.8 Å². The number of benzene rings is 2. The predicted octanol–water partition coefficient (Wildman–Crippen LogP) is 5.57. The number of rotatable bonds is 8. The summed E-state index contributed by atoms with van der Waals surface area (Å²) >= 11 is 8.75. The lowest BCUT2D eigenvalue weighted by Crippen LogP contribution is -2.39. The van der Waals surface area contributed by atoms with Crippen LogP contribution in [0.5, 0.6) is 5.75 Å². The van der Waals surface area contributed by atoms with E-state index in [-0.39, 0.29) is 5.91 Å². The first-order valence-corrected chi connectivity index (χ1v) is 11.6. The largest absolute Gasteiger partial charge is 0.492 e. The number of carbonyl (C=O) groups excluding carboxylic acids is 1. The number of amides is 1. The second kappa shape index (κ2) is 11.9. The fraction of sp³-hybridized carbons (Fsp3) is 0.333. The first kappa shape index (κ1) is 22.5. The molecule has 3 rings (SSSR count). The zero-order valence-electron chi connectivity index (χ0n) is 17.0. The molecule has 0 spiro atoms. The van der Waals surface area contributed by atoms with Crippen LogP contribution in [-0.2, 0) is 6.42 Å². The minimum absolute atomic E-state index is 0.235. The van der Waals surface area contributed by atoms with E-state index in [1.807, 2.05) is 18.2 Å². The maximum atomic E-state index is 12.5. The number of halogens is 1. The highest BCUT2D eigenvalue weighted by Crippen LogP contribution is 2.26. The molecule has 2 aromatic rings. The smallest absolute Gasteiger partial charge is 0.257 e. The third kappa shape index (κ3) is 7.26. The lowest BCUT2D eigenvalue weighted by atomic mass is 9.97. The van der Waals surface area contributed by atoms with E-state index < -0.39 is 0 Å². The summed E-state index contributed by atoms with van der Waals surface area (Å²) in [5.74, 6) is 0.477. The zero-order chi connectivity index (χ0) is 21.2. The van der Waals surface area contributed by atoms with E-state index in [0.717, 1.165) is 23.9 Å². The summed E-state index contributed by atoms with van der Waals surface area (Å²) in [6.07, 6.45) is 9.04. The molecule has 2 aromatic carbocycles. The number of allylic oxidation sites excluding steroid dienone is 1. The molecule has 1 aliphatic rings. The Hall–Kier alpha value is -2.18. The molecule has 158 valence electrons. The Balaban J connectivity index is 1.43. The van der Waals surface area contributed by atoms with Crippen molar-refractivity contribution >= 4 is 39.2 Å². The van der Waals surface area contributed by atoms with Gasteiger partial charge in [0.25, 0.3) is 5.91 Å². The van der Waals surface area contributed by atoms with Gasteiger partial charge in [-0.2, -0.15) is 0 Å². The molecule has 30 heavy (non-hydrogen) atoms. The number of hydrogen-bond acceptors (Lipinski definition) is 3. The molecule has 0 unspecified atom stereocenters. The monoisotopic (exact) mass is 486 g/mol. The molecule has 0 bridgehead atoms. The SMILES string of the molecule is O=C(NC(=S)NCCC1=CCCCC1)c1ccc(OCCc2ccccc2)c(Br)c1. The first-order chi connectivity index (χ1) is 14.6. The van der Waals surface area contributed by atoms with E-state index in [9.17, 15) is 4.79 Å². The lowest BCUT2D eigenvalue weighted by Gasteiger charge is -2.14. The molecule has 0 saturated heterocycles. The Labute approximate surface area is 192 Å². The summed E-state index contributed by atoms with van der Waals surface area (Å²) in [7, 11) is 0. The van der Waals surface area contributed by atoms with Crippen molar-refractivity contribution in [2.24, 2.45) is 0 Å². The maximum absolute atomic E-state index is 12.5. The van der Waals surface area contributed by atoms with Gasteiger partial charge in [0, 0.05) is 18.5 Å². The number of thiocarbonyl (C=S) groups is 1. The van der Waals surface area contributed by atoms with Crippen LogP contribution in [0.15, 0.2) is 64.7 Å². The van der Waals surface area contributed by atoms with Crippen LogP contribution in [0.2, 0.25) is 0 Å². The molecule has 0 saturated carbocycles. The Bertz CT molecular complexity index is 899. The molecule has 1 aliphatic carbocycles. The van der Waals surface area contributed by atoms with Gasteiger partial charge < -0.3 is 10.1 Å². The maximum Gasteiger partial charge on any atom is 0.257 e. The van der Waals surface area contributed by atoms with Gasteiger partial charge in [-0.1, -0.05) is 42.0 Å². The quantitative estimate of drug-likeness (QED) is 0.378. The fourth-order valence-corrected chi connectivity index (χ4v) is 4.06. The van der Waals surface area contributed by atoms with Gasteiger partial charge in [0.2, 0.25) is 0 Å². The topological polar surface area (TPSA) is 50.4 Å². The van der Waals surface area contributed by atoms with E-state index in [1.54, 1.807) is 18.2 Å². The average Bonchev–Trinajstić information content (AvgIpc) is 2.76. The van der Waals surface area contributed by atoms with Crippen molar-refractivity contribution in [2.75, 3.05) is 13.2 Å².